The SMILES string of the molecule is CC1(C)OB(c2ccc(-c3cccnc3)c([N+](=O)[O-])c2)OC1(C)C.O=[N+]([O-])c1cc(Br)ccc1-c1cccnc1.O=[N+]([O-])c1cc(Br)ccc1I.OB(O)c1cccnc1. The van der Waals surface area contributed by atoms with Crippen LogP contribution < -0.4 is 10.9 Å². The number of benzene rings is 3. The van der Waals surface area contributed by atoms with Gasteiger partial charge in [-0.15, -0.1) is 0 Å². The molecule has 6 aromatic rings. The van der Waals surface area contributed by atoms with Crippen molar-refractivity contribution in [3.8, 4) is 22.3 Å². The molecule has 60 heavy (non-hydrogen) atoms. The van der Waals surface area contributed by atoms with Crippen LogP contribution in [-0.2, 0) is 9.31 Å². The molecule has 2 N–H and O–H groups in total. The van der Waals surface area contributed by atoms with Crippen LogP contribution in [0, 0.1) is 33.9 Å². The zero-order valence-corrected chi connectivity index (χ0v) is 37.6. The molecule has 21 heteroatoms. The number of nitro benzene ring substituents is 3. The fourth-order valence-corrected chi connectivity index (χ4v) is 6.40. The molecule has 0 radical (unpaired) electrons. The molecule has 0 amide bonds. The molecule has 16 nitrogen and oxygen atoms in total. The van der Waals surface area contributed by atoms with Crippen LogP contribution in [0.5, 0.6) is 0 Å². The van der Waals surface area contributed by atoms with Crippen molar-refractivity contribution in [3.05, 3.63) is 171 Å². The number of aromatic nitrogens is 3. The second kappa shape index (κ2) is 21.5. The zero-order chi connectivity index (χ0) is 44.2. The van der Waals surface area contributed by atoms with Crippen LogP contribution in [-0.4, -0.2) is 65.2 Å². The number of nitro groups is 3. The molecule has 1 fully saturated rings. The zero-order valence-electron chi connectivity index (χ0n) is 32.3. The molecule has 1 aliphatic rings. The van der Waals surface area contributed by atoms with Crippen LogP contribution in [0.4, 0.5) is 17.1 Å². The third kappa shape index (κ3) is 13.0. The third-order valence-electron chi connectivity index (χ3n) is 8.93. The number of hydrogen-bond acceptors (Lipinski definition) is 13. The molecular weight excluding hydrogens is 1020 g/mol. The van der Waals surface area contributed by atoms with E-state index < -0.39 is 40.2 Å². The molecule has 1 aliphatic heterocycles. The number of rotatable bonds is 7. The first-order chi connectivity index (χ1) is 28.3. The lowest BCUT2D eigenvalue weighted by molar-refractivity contribution is -0.385. The Balaban J connectivity index is 0.000000190. The first kappa shape index (κ1) is 47.6. The van der Waals surface area contributed by atoms with Gasteiger partial charge in [0, 0.05) is 80.9 Å². The molecule has 3 aromatic heterocycles. The normalized spacial score (nSPS) is 13.2. The Kier molecular flexibility index (Phi) is 17.1. The fraction of sp³-hybridized carbons (Fsp3) is 0.154. The molecule has 4 heterocycles. The summed E-state index contributed by atoms with van der Waals surface area (Å²) in [6.45, 7) is 7.80. The van der Waals surface area contributed by atoms with Crippen molar-refractivity contribution in [2.24, 2.45) is 0 Å². The molecule has 0 spiro atoms. The van der Waals surface area contributed by atoms with Gasteiger partial charge in [0.05, 0.1) is 40.7 Å². The van der Waals surface area contributed by atoms with E-state index >= 15 is 0 Å². The van der Waals surface area contributed by atoms with Crippen molar-refractivity contribution in [3.63, 3.8) is 0 Å². The van der Waals surface area contributed by atoms with Crippen LogP contribution in [0.2, 0.25) is 0 Å². The molecule has 1 saturated heterocycles. The van der Waals surface area contributed by atoms with Gasteiger partial charge in [0.25, 0.3) is 17.1 Å². The van der Waals surface area contributed by atoms with E-state index in [1.165, 1.54) is 24.4 Å². The molecule has 0 bridgehead atoms. The summed E-state index contributed by atoms with van der Waals surface area (Å²) in [5.41, 5.74) is 2.81. The first-order valence-corrected chi connectivity index (χ1v) is 20.2. The van der Waals surface area contributed by atoms with E-state index in [0.717, 1.165) is 10.0 Å². The lowest BCUT2D eigenvalue weighted by Crippen LogP contribution is -2.41. The molecule has 3 aromatic carbocycles. The molecular formula is C39H35B2Br2IN6O10. The highest BCUT2D eigenvalue weighted by atomic mass is 127. The van der Waals surface area contributed by atoms with Crippen LogP contribution in [0.15, 0.2) is 137 Å². The lowest BCUT2D eigenvalue weighted by atomic mass is 9.78. The summed E-state index contributed by atoms with van der Waals surface area (Å²) in [7, 11) is -2.03. The lowest BCUT2D eigenvalue weighted by Gasteiger charge is -2.32. The van der Waals surface area contributed by atoms with E-state index in [9.17, 15) is 30.3 Å². The Morgan fingerprint density at radius 1 is 0.633 bits per heavy atom. The quantitative estimate of drug-likeness (QED) is 0.0668. The summed E-state index contributed by atoms with van der Waals surface area (Å²) in [5.74, 6) is 0. The van der Waals surface area contributed by atoms with Crippen molar-refractivity contribution in [2.75, 3.05) is 0 Å². The van der Waals surface area contributed by atoms with Gasteiger partial charge >= 0.3 is 14.2 Å². The van der Waals surface area contributed by atoms with Crippen LogP contribution in [0.25, 0.3) is 22.3 Å². The standard InChI is InChI=1S/C17H19BN2O4.C11H7BrN2O2.C6H3BrINO2.C5H6BNO2/c1-16(2)17(3,4)24-18(23-16)13-7-8-14(15(10-13)20(21)22)12-6-5-9-19-11-12;12-9-3-4-10(11(6-9)14(15)16)8-2-1-5-13-7-8;7-4-1-2-5(8)6(3-4)9(10)11;8-6(9)5-2-1-3-7-4-5/h5-11H,1-4H3;1-7H;1-3H;1-4,8-9H. The predicted molar refractivity (Wildman–Crippen MR) is 244 cm³/mol. The van der Waals surface area contributed by atoms with Crippen LogP contribution in [0.3, 0.4) is 0 Å². The highest BCUT2D eigenvalue weighted by Gasteiger charge is 2.52. The Labute approximate surface area is 375 Å². The van der Waals surface area contributed by atoms with E-state index in [1.807, 2.05) is 50.3 Å². The monoisotopic (exact) mass is 1050 g/mol. The van der Waals surface area contributed by atoms with Gasteiger partial charge in [0.1, 0.15) is 0 Å². The van der Waals surface area contributed by atoms with Crippen LogP contribution >= 0.6 is 54.5 Å². The predicted octanol–water partition coefficient (Wildman–Crippen LogP) is 8.10. The van der Waals surface area contributed by atoms with E-state index in [0.29, 0.717) is 35.7 Å². The van der Waals surface area contributed by atoms with Crippen molar-refractivity contribution >= 4 is 96.7 Å². The van der Waals surface area contributed by atoms with E-state index in [1.54, 1.807) is 104 Å². The van der Waals surface area contributed by atoms with Gasteiger partial charge in [0.15, 0.2) is 0 Å². The number of halogens is 3. The minimum atomic E-state index is -1.40. The Bertz CT molecular complexity index is 2410. The second-order valence-corrected chi connectivity index (χ2v) is 16.5. The average molecular weight is 1060 g/mol. The summed E-state index contributed by atoms with van der Waals surface area (Å²) in [6.07, 6.45) is 9.46. The maximum atomic E-state index is 11.5. The van der Waals surface area contributed by atoms with Crippen molar-refractivity contribution < 1.29 is 34.1 Å². The van der Waals surface area contributed by atoms with Gasteiger partial charge in [-0.05, 0) is 104 Å². The van der Waals surface area contributed by atoms with Crippen molar-refractivity contribution in [1.82, 2.24) is 15.0 Å². The highest BCUT2D eigenvalue weighted by Crippen LogP contribution is 2.37. The number of nitrogens with zero attached hydrogens (tertiary/aromatic N) is 6. The minimum Gasteiger partial charge on any atom is -0.423 e. The maximum Gasteiger partial charge on any atom is 0.495 e. The van der Waals surface area contributed by atoms with Gasteiger partial charge in [-0.25, -0.2) is 0 Å². The van der Waals surface area contributed by atoms with Gasteiger partial charge in [0.2, 0.25) is 0 Å². The number of hydrogen-bond donors (Lipinski definition) is 2. The smallest absolute Gasteiger partial charge is 0.423 e. The topological polar surface area (TPSA) is 227 Å². The average Bonchev–Trinajstić information content (AvgIpc) is 3.45. The molecule has 0 saturated carbocycles. The maximum absolute atomic E-state index is 11.5. The van der Waals surface area contributed by atoms with E-state index in [-0.39, 0.29) is 17.1 Å². The molecule has 0 atom stereocenters. The fourth-order valence-electron chi connectivity index (χ4n) is 5.17. The molecule has 7 rings (SSSR count). The Morgan fingerprint density at radius 3 is 1.47 bits per heavy atom. The largest absolute Gasteiger partial charge is 0.495 e. The van der Waals surface area contributed by atoms with Crippen molar-refractivity contribution in [2.45, 2.75) is 38.9 Å². The van der Waals surface area contributed by atoms with Crippen LogP contribution in [0.1, 0.15) is 27.7 Å². The molecule has 0 aliphatic carbocycles. The summed E-state index contributed by atoms with van der Waals surface area (Å²) < 4.78 is 14.0. The highest BCUT2D eigenvalue weighted by molar-refractivity contribution is 14.1. The van der Waals surface area contributed by atoms with Gasteiger partial charge in [-0.3, -0.25) is 45.3 Å². The van der Waals surface area contributed by atoms with Gasteiger partial charge in [-0.1, -0.05) is 56.1 Å². The molecule has 0 unspecified atom stereocenters. The van der Waals surface area contributed by atoms with Crippen molar-refractivity contribution in [1.29, 1.82) is 0 Å². The van der Waals surface area contributed by atoms with E-state index in [4.69, 9.17) is 19.4 Å². The van der Waals surface area contributed by atoms with Gasteiger partial charge < -0.3 is 19.4 Å². The third-order valence-corrected chi connectivity index (χ3v) is 10.8. The summed E-state index contributed by atoms with van der Waals surface area (Å²) in [6, 6.07) is 25.3. The summed E-state index contributed by atoms with van der Waals surface area (Å²) in [4.78, 5) is 43.3. The number of pyridine rings is 3. The van der Waals surface area contributed by atoms with E-state index in [2.05, 4.69) is 46.8 Å². The van der Waals surface area contributed by atoms with Gasteiger partial charge in [-0.2, -0.15) is 0 Å². The first-order valence-electron chi connectivity index (χ1n) is 17.6. The Morgan fingerprint density at radius 2 is 1.07 bits per heavy atom. The summed E-state index contributed by atoms with van der Waals surface area (Å²) >= 11 is 8.30. The molecule has 308 valence electrons. The minimum absolute atomic E-state index is 0.00946. The Hall–Kier alpha value is -5.03. The summed E-state index contributed by atoms with van der Waals surface area (Å²) in [5, 5.41) is 49.9. The second-order valence-electron chi connectivity index (χ2n) is 13.5.